The number of anilines is 1. The van der Waals surface area contributed by atoms with E-state index in [4.69, 9.17) is 9.47 Å². The van der Waals surface area contributed by atoms with Gasteiger partial charge in [-0.3, -0.25) is 4.79 Å². The summed E-state index contributed by atoms with van der Waals surface area (Å²) in [4.78, 5) is 44.6. The molecule has 2 N–H and O–H groups in total. The molecule has 1 aliphatic rings. The molecule has 1 aromatic carbocycles. The van der Waals surface area contributed by atoms with Gasteiger partial charge in [-0.2, -0.15) is 0 Å². The van der Waals surface area contributed by atoms with Gasteiger partial charge in [0.25, 0.3) is 5.56 Å². The Morgan fingerprint density at radius 1 is 1.20 bits per heavy atom. The second kappa shape index (κ2) is 9.00. The maximum atomic E-state index is 13.0. The van der Waals surface area contributed by atoms with Gasteiger partial charge in [0.15, 0.2) is 5.16 Å². The maximum Gasteiger partial charge on any atom is 0.337 e. The minimum absolute atomic E-state index is 0.301. The number of fused-ring (bicyclic) bond motifs is 1. The lowest BCUT2D eigenvalue weighted by molar-refractivity contribution is -0.136. The van der Waals surface area contributed by atoms with Crippen LogP contribution < -0.4 is 10.9 Å². The number of ether oxygens (including phenoxy) is 2. The molecule has 0 saturated heterocycles. The van der Waals surface area contributed by atoms with Gasteiger partial charge < -0.3 is 19.8 Å². The van der Waals surface area contributed by atoms with Gasteiger partial charge >= 0.3 is 11.9 Å². The van der Waals surface area contributed by atoms with Gasteiger partial charge in [-0.25, -0.2) is 14.6 Å². The number of benzene rings is 1. The van der Waals surface area contributed by atoms with Crippen molar-refractivity contribution in [3.05, 3.63) is 75.2 Å². The molecule has 2 aromatic rings. The van der Waals surface area contributed by atoms with Crippen molar-refractivity contribution in [2.24, 2.45) is 0 Å². The van der Waals surface area contributed by atoms with Crippen LogP contribution >= 0.6 is 11.8 Å². The highest BCUT2D eigenvalue weighted by molar-refractivity contribution is 7.99. The molecule has 9 heteroatoms. The van der Waals surface area contributed by atoms with Crippen LogP contribution in [-0.2, 0) is 14.3 Å². The molecule has 156 valence electrons. The zero-order valence-corrected chi connectivity index (χ0v) is 17.6. The van der Waals surface area contributed by atoms with Gasteiger partial charge in [-0.05, 0) is 24.6 Å². The molecule has 0 saturated carbocycles. The van der Waals surface area contributed by atoms with Crippen molar-refractivity contribution >= 4 is 29.5 Å². The quantitative estimate of drug-likeness (QED) is 0.313. The smallest absolute Gasteiger partial charge is 0.337 e. The predicted molar refractivity (Wildman–Crippen MR) is 114 cm³/mol. The number of hydrogen-bond acceptors (Lipinski definition) is 8. The number of aromatic amines is 1. The summed E-state index contributed by atoms with van der Waals surface area (Å²) in [5.74, 6) is -0.789. The number of carbonyl (C=O) groups is 2. The standard InChI is InChI=1S/C21H21N3O5S/c1-5-10-30-21-23-17-16(18(25)24-21)15(14(11(2)22-17)20(27)29-4)12-6-8-13(9-7-12)19(26)28-3/h5-9,15H,1,10H2,2-4H3,(H2,22,23,24,25). The van der Waals surface area contributed by atoms with Crippen molar-refractivity contribution in [2.45, 2.75) is 18.0 Å². The summed E-state index contributed by atoms with van der Waals surface area (Å²) < 4.78 is 9.69. The van der Waals surface area contributed by atoms with Crippen LogP contribution in [0.25, 0.3) is 0 Å². The highest BCUT2D eigenvalue weighted by Crippen LogP contribution is 2.40. The molecule has 0 amide bonds. The largest absolute Gasteiger partial charge is 0.466 e. The van der Waals surface area contributed by atoms with Crippen molar-refractivity contribution in [3.63, 3.8) is 0 Å². The summed E-state index contributed by atoms with van der Waals surface area (Å²) >= 11 is 1.34. The highest BCUT2D eigenvalue weighted by Gasteiger charge is 2.36. The Hall–Kier alpha value is -3.33. The van der Waals surface area contributed by atoms with E-state index < -0.39 is 17.9 Å². The zero-order chi connectivity index (χ0) is 21.8. The van der Waals surface area contributed by atoms with E-state index in [0.717, 1.165) is 0 Å². The number of nitrogens with one attached hydrogen (secondary N) is 2. The molecule has 8 nitrogen and oxygen atoms in total. The van der Waals surface area contributed by atoms with Crippen LogP contribution in [0.1, 0.15) is 34.3 Å². The van der Waals surface area contributed by atoms with E-state index in [0.29, 0.717) is 44.7 Å². The Morgan fingerprint density at radius 3 is 2.47 bits per heavy atom. The van der Waals surface area contributed by atoms with Crippen molar-refractivity contribution in [1.29, 1.82) is 0 Å². The molecule has 1 unspecified atom stereocenters. The summed E-state index contributed by atoms with van der Waals surface area (Å²) in [6, 6.07) is 6.54. The van der Waals surface area contributed by atoms with Crippen molar-refractivity contribution < 1.29 is 19.1 Å². The average Bonchev–Trinajstić information content (AvgIpc) is 2.75. The SMILES string of the molecule is C=CCSc1nc2c(c(=O)[nH]1)C(c1ccc(C(=O)OC)cc1)C(C(=O)OC)=C(C)N2. The first-order valence-electron chi connectivity index (χ1n) is 9.03. The molecule has 0 radical (unpaired) electrons. The fourth-order valence-corrected chi connectivity index (χ4v) is 3.88. The van der Waals surface area contributed by atoms with E-state index in [-0.39, 0.29) is 5.56 Å². The van der Waals surface area contributed by atoms with Crippen LogP contribution in [0.4, 0.5) is 5.82 Å². The van der Waals surface area contributed by atoms with E-state index in [1.54, 1.807) is 37.3 Å². The monoisotopic (exact) mass is 427 g/mol. The Balaban J connectivity index is 2.17. The molecule has 0 bridgehead atoms. The Morgan fingerprint density at radius 2 is 1.87 bits per heavy atom. The molecule has 30 heavy (non-hydrogen) atoms. The van der Waals surface area contributed by atoms with Crippen LogP contribution in [-0.4, -0.2) is 41.9 Å². The molecule has 1 aromatic heterocycles. The minimum Gasteiger partial charge on any atom is -0.466 e. The van der Waals surface area contributed by atoms with E-state index >= 15 is 0 Å². The first-order valence-corrected chi connectivity index (χ1v) is 10.0. The first kappa shape index (κ1) is 21.4. The summed E-state index contributed by atoms with van der Waals surface area (Å²) in [6.07, 6.45) is 1.71. The Kier molecular flexibility index (Phi) is 6.41. The fourth-order valence-electron chi connectivity index (χ4n) is 3.28. The Bertz CT molecular complexity index is 1090. The van der Waals surface area contributed by atoms with E-state index in [1.165, 1.54) is 26.0 Å². The molecule has 0 fully saturated rings. The summed E-state index contributed by atoms with van der Waals surface area (Å²) in [5.41, 5.74) is 1.77. The number of rotatable bonds is 6. The molecule has 1 aliphatic heterocycles. The van der Waals surface area contributed by atoms with Crippen LogP contribution in [0, 0.1) is 0 Å². The summed E-state index contributed by atoms with van der Waals surface area (Å²) in [6.45, 7) is 5.39. The van der Waals surface area contributed by atoms with E-state index in [1.807, 2.05) is 0 Å². The lowest BCUT2D eigenvalue weighted by Crippen LogP contribution is -2.31. The van der Waals surface area contributed by atoms with Crippen LogP contribution in [0.15, 0.2) is 58.1 Å². The van der Waals surface area contributed by atoms with Gasteiger partial charge in [0, 0.05) is 11.4 Å². The van der Waals surface area contributed by atoms with Gasteiger partial charge in [-0.15, -0.1) is 6.58 Å². The van der Waals surface area contributed by atoms with Gasteiger partial charge in [0.1, 0.15) is 5.82 Å². The number of methoxy groups -OCH3 is 2. The Labute approximate surface area is 177 Å². The maximum absolute atomic E-state index is 13.0. The normalized spacial score (nSPS) is 15.1. The van der Waals surface area contributed by atoms with Crippen LogP contribution in [0.5, 0.6) is 0 Å². The van der Waals surface area contributed by atoms with Gasteiger partial charge in [0.05, 0.1) is 36.8 Å². The topological polar surface area (TPSA) is 110 Å². The third kappa shape index (κ3) is 4.02. The number of H-pyrrole nitrogens is 1. The number of esters is 2. The van der Waals surface area contributed by atoms with Crippen molar-refractivity contribution in [3.8, 4) is 0 Å². The van der Waals surface area contributed by atoms with E-state index in [9.17, 15) is 14.4 Å². The average molecular weight is 427 g/mol. The lowest BCUT2D eigenvalue weighted by atomic mass is 9.82. The molecule has 0 spiro atoms. The van der Waals surface area contributed by atoms with Crippen molar-refractivity contribution in [2.75, 3.05) is 25.3 Å². The number of thioether (sulfide) groups is 1. The lowest BCUT2D eigenvalue weighted by Gasteiger charge is -2.28. The number of nitrogens with zero attached hydrogens (tertiary/aromatic N) is 1. The first-order chi connectivity index (χ1) is 14.4. The molecule has 3 rings (SSSR count). The third-order valence-corrected chi connectivity index (χ3v) is 5.50. The molecule has 0 aliphatic carbocycles. The minimum atomic E-state index is -0.713. The number of allylic oxidation sites excluding steroid dienone is 1. The van der Waals surface area contributed by atoms with Gasteiger partial charge in [-0.1, -0.05) is 30.0 Å². The second-order valence-corrected chi connectivity index (χ2v) is 7.44. The number of hydrogen-bond donors (Lipinski definition) is 2. The number of carbonyl (C=O) groups excluding carboxylic acids is 2. The highest BCUT2D eigenvalue weighted by atomic mass is 32.2. The van der Waals surface area contributed by atoms with Crippen molar-refractivity contribution in [1.82, 2.24) is 9.97 Å². The van der Waals surface area contributed by atoms with Crippen LogP contribution in [0.2, 0.25) is 0 Å². The summed E-state index contributed by atoms with van der Waals surface area (Å²) in [5, 5.41) is 3.50. The predicted octanol–water partition coefficient (Wildman–Crippen LogP) is 2.84. The third-order valence-electron chi connectivity index (χ3n) is 4.63. The van der Waals surface area contributed by atoms with E-state index in [2.05, 4.69) is 21.9 Å². The van der Waals surface area contributed by atoms with Crippen LogP contribution in [0.3, 0.4) is 0 Å². The molecular weight excluding hydrogens is 406 g/mol. The fraction of sp³-hybridized carbons (Fsp3) is 0.238. The van der Waals surface area contributed by atoms with Gasteiger partial charge in [0.2, 0.25) is 0 Å². The molecule has 1 atom stereocenters. The molecular formula is C21H21N3O5S. The molecule has 2 heterocycles. The summed E-state index contributed by atoms with van der Waals surface area (Å²) in [7, 11) is 2.58. The number of aromatic nitrogens is 2. The zero-order valence-electron chi connectivity index (χ0n) is 16.8. The second-order valence-electron chi connectivity index (χ2n) is 6.43.